The van der Waals surface area contributed by atoms with Gasteiger partial charge in [0, 0.05) is 13.1 Å². The summed E-state index contributed by atoms with van der Waals surface area (Å²) < 4.78 is 10.6. The number of amides is 4. The van der Waals surface area contributed by atoms with Gasteiger partial charge in [-0.05, 0) is 31.5 Å². The third kappa shape index (κ3) is 3.88. The number of urea groups is 1. The molecule has 2 heterocycles. The molecule has 1 aromatic carbocycles. The van der Waals surface area contributed by atoms with Crippen molar-refractivity contribution in [3.8, 4) is 5.75 Å². The largest absolute Gasteiger partial charge is 0.497 e. The van der Waals surface area contributed by atoms with Crippen molar-refractivity contribution in [2.45, 2.75) is 25.5 Å². The van der Waals surface area contributed by atoms with Crippen molar-refractivity contribution in [2.75, 3.05) is 33.4 Å². The first-order valence-corrected chi connectivity index (χ1v) is 8.78. The Morgan fingerprint density at radius 2 is 2.07 bits per heavy atom. The van der Waals surface area contributed by atoms with E-state index in [2.05, 4.69) is 10.7 Å². The summed E-state index contributed by atoms with van der Waals surface area (Å²) in [5, 5.41) is 3.39. The number of methoxy groups -OCH3 is 1. The van der Waals surface area contributed by atoms with Crippen LogP contribution in [0, 0.1) is 0 Å². The number of benzene rings is 1. The summed E-state index contributed by atoms with van der Waals surface area (Å²) in [7, 11) is 1.55. The molecule has 146 valence electrons. The molecule has 2 fully saturated rings. The van der Waals surface area contributed by atoms with Crippen LogP contribution in [0.3, 0.4) is 0 Å². The van der Waals surface area contributed by atoms with E-state index in [0.717, 1.165) is 5.01 Å². The Kier molecular flexibility index (Phi) is 5.33. The van der Waals surface area contributed by atoms with E-state index in [1.54, 1.807) is 38.3 Å². The van der Waals surface area contributed by atoms with Crippen LogP contribution in [0.4, 0.5) is 4.79 Å². The van der Waals surface area contributed by atoms with Gasteiger partial charge in [-0.25, -0.2) is 4.79 Å². The van der Waals surface area contributed by atoms with Gasteiger partial charge < -0.3 is 14.8 Å². The normalized spacial score (nSPS) is 26.0. The Morgan fingerprint density at radius 1 is 1.37 bits per heavy atom. The third-order valence-electron chi connectivity index (χ3n) is 4.79. The summed E-state index contributed by atoms with van der Waals surface area (Å²) in [6.45, 7) is 5.42. The summed E-state index contributed by atoms with van der Waals surface area (Å²) in [6, 6.07) is 6.17. The first kappa shape index (κ1) is 19.1. The van der Waals surface area contributed by atoms with Crippen molar-refractivity contribution in [2.24, 2.45) is 0 Å². The van der Waals surface area contributed by atoms with Crippen LogP contribution in [0.2, 0.25) is 0 Å². The standard InChI is InChI=1S/C18H24N4O5/c1-12-10-21(8-9-27-12)11-15(23)20-22-16(24)18(2,19-17(22)25)13-4-6-14(26-3)7-5-13/h4-7,12H,8-11H2,1-3H3,(H,19,25)(H,20,23)/t12-,18+/m0/s1. The first-order chi connectivity index (χ1) is 12.8. The van der Waals surface area contributed by atoms with Crippen LogP contribution in [0.15, 0.2) is 24.3 Å². The van der Waals surface area contributed by atoms with E-state index in [1.165, 1.54) is 0 Å². The molecule has 0 aromatic heterocycles. The summed E-state index contributed by atoms with van der Waals surface area (Å²) in [5.41, 5.74) is 1.75. The first-order valence-electron chi connectivity index (χ1n) is 8.78. The number of hydrogen-bond acceptors (Lipinski definition) is 6. The number of rotatable bonds is 5. The zero-order chi connectivity index (χ0) is 19.6. The van der Waals surface area contributed by atoms with Gasteiger partial charge in [-0.3, -0.25) is 19.9 Å². The fourth-order valence-corrected chi connectivity index (χ4v) is 3.26. The molecule has 9 nitrogen and oxygen atoms in total. The molecule has 0 bridgehead atoms. The highest BCUT2D eigenvalue weighted by Gasteiger charge is 2.50. The Bertz CT molecular complexity index is 738. The van der Waals surface area contributed by atoms with Crippen LogP contribution in [0.1, 0.15) is 19.4 Å². The van der Waals surface area contributed by atoms with Gasteiger partial charge in [0.15, 0.2) is 0 Å². The molecule has 0 radical (unpaired) electrons. The number of carbonyl (C=O) groups is 3. The van der Waals surface area contributed by atoms with E-state index >= 15 is 0 Å². The van der Waals surface area contributed by atoms with Gasteiger partial charge in [0.2, 0.25) is 0 Å². The number of hydrogen-bond donors (Lipinski definition) is 2. The molecular weight excluding hydrogens is 352 g/mol. The number of nitrogens with zero attached hydrogens (tertiary/aromatic N) is 2. The average Bonchev–Trinajstić information content (AvgIpc) is 2.86. The number of morpholine rings is 1. The number of ether oxygens (including phenoxy) is 2. The molecule has 2 saturated heterocycles. The molecule has 1 aromatic rings. The van der Waals surface area contributed by atoms with Crippen LogP contribution in [0.25, 0.3) is 0 Å². The predicted molar refractivity (Wildman–Crippen MR) is 95.7 cm³/mol. The summed E-state index contributed by atoms with van der Waals surface area (Å²) in [6.07, 6.45) is 0.0432. The molecule has 0 unspecified atom stereocenters. The average molecular weight is 376 g/mol. The second kappa shape index (κ2) is 7.53. The number of hydrazine groups is 1. The van der Waals surface area contributed by atoms with Crippen molar-refractivity contribution in [1.29, 1.82) is 0 Å². The van der Waals surface area contributed by atoms with Crippen molar-refractivity contribution < 1.29 is 23.9 Å². The summed E-state index contributed by atoms with van der Waals surface area (Å²) in [4.78, 5) is 39.4. The molecule has 9 heteroatoms. The van der Waals surface area contributed by atoms with E-state index in [0.29, 0.717) is 31.0 Å². The fraction of sp³-hybridized carbons (Fsp3) is 0.500. The smallest absolute Gasteiger partial charge is 0.344 e. The molecule has 27 heavy (non-hydrogen) atoms. The van der Waals surface area contributed by atoms with Crippen molar-refractivity contribution in [3.05, 3.63) is 29.8 Å². The zero-order valence-electron chi connectivity index (χ0n) is 15.7. The van der Waals surface area contributed by atoms with Crippen LogP contribution in [-0.4, -0.2) is 67.2 Å². The maximum Gasteiger partial charge on any atom is 0.344 e. The van der Waals surface area contributed by atoms with Crippen LogP contribution >= 0.6 is 0 Å². The SMILES string of the molecule is COc1ccc([C@@]2(C)NC(=O)N(NC(=O)CN3CCO[C@@H](C)C3)C2=O)cc1. The van der Waals surface area contributed by atoms with Crippen LogP contribution in [-0.2, 0) is 19.9 Å². The maximum atomic E-state index is 12.8. The number of imide groups is 1. The van der Waals surface area contributed by atoms with E-state index in [4.69, 9.17) is 9.47 Å². The second-order valence-corrected chi connectivity index (χ2v) is 6.88. The van der Waals surface area contributed by atoms with E-state index in [9.17, 15) is 14.4 Å². The highest BCUT2D eigenvalue weighted by atomic mass is 16.5. The molecule has 2 aliphatic rings. The van der Waals surface area contributed by atoms with Gasteiger partial charge in [-0.15, -0.1) is 0 Å². The van der Waals surface area contributed by atoms with Gasteiger partial charge in [-0.2, -0.15) is 5.01 Å². The van der Waals surface area contributed by atoms with E-state index in [-0.39, 0.29) is 12.6 Å². The third-order valence-corrected chi connectivity index (χ3v) is 4.79. The molecule has 0 saturated carbocycles. The summed E-state index contributed by atoms with van der Waals surface area (Å²) in [5.74, 6) is -0.322. The van der Waals surface area contributed by atoms with Crippen molar-refractivity contribution in [3.63, 3.8) is 0 Å². The minimum absolute atomic E-state index is 0.0432. The Balaban J connectivity index is 1.67. The Labute approximate surface area is 157 Å². The lowest BCUT2D eigenvalue weighted by atomic mass is 9.92. The van der Waals surface area contributed by atoms with Crippen LogP contribution < -0.4 is 15.5 Å². The van der Waals surface area contributed by atoms with E-state index in [1.807, 2.05) is 11.8 Å². The van der Waals surface area contributed by atoms with Gasteiger partial charge >= 0.3 is 6.03 Å². The molecular formula is C18H24N4O5. The van der Waals surface area contributed by atoms with E-state index < -0.39 is 23.4 Å². The molecule has 3 rings (SSSR count). The van der Waals surface area contributed by atoms with Gasteiger partial charge in [0.05, 0.1) is 26.4 Å². The topological polar surface area (TPSA) is 100 Å². The lowest BCUT2D eigenvalue weighted by Gasteiger charge is -2.30. The Morgan fingerprint density at radius 3 is 2.70 bits per heavy atom. The molecule has 0 spiro atoms. The van der Waals surface area contributed by atoms with Crippen molar-refractivity contribution in [1.82, 2.24) is 20.7 Å². The minimum Gasteiger partial charge on any atom is -0.497 e. The van der Waals surface area contributed by atoms with Gasteiger partial charge in [0.25, 0.3) is 11.8 Å². The molecule has 0 aliphatic carbocycles. The fourth-order valence-electron chi connectivity index (χ4n) is 3.26. The highest BCUT2D eigenvalue weighted by Crippen LogP contribution is 2.29. The van der Waals surface area contributed by atoms with Gasteiger partial charge in [0.1, 0.15) is 11.3 Å². The lowest BCUT2D eigenvalue weighted by molar-refractivity contribution is -0.140. The second-order valence-electron chi connectivity index (χ2n) is 6.88. The summed E-state index contributed by atoms with van der Waals surface area (Å²) >= 11 is 0. The van der Waals surface area contributed by atoms with Crippen LogP contribution in [0.5, 0.6) is 5.75 Å². The molecule has 2 aliphatic heterocycles. The highest BCUT2D eigenvalue weighted by molar-refractivity contribution is 6.08. The Hall–Kier alpha value is -2.65. The molecule has 4 amide bonds. The quantitative estimate of drug-likeness (QED) is 0.713. The minimum atomic E-state index is -1.26. The lowest BCUT2D eigenvalue weighted by Crippen LogP contribution is -2.52. The van der Waals surface area contributed by atoms with Gasteiger partial charge in [-0.1, -0.05) is 12.1 Å². The maximum absolute atomic E-state index is 12.8. The monoisotopic (exact) mass is 376 g/mol. The molecule has 2 atom stereocenters. The number of nitrogens with one attached hydrogen (secondary N) is 2. The van der Waals surface area contributed by atoms with Crippen molar-refractivity contribution >= 4 is 17.8 Å². The zero-order valence-corrected chi connectivity index (χ0v) is 15.7. The number of carbonyl (C=O) groups excluding carboxylic acids is 3. The molecule has 2 N–H and O–H groups in total. The predicted octanol–water partition coefficient (Wildman–Crippen LogP) is 0.214.